The molecule has 1 aromatic carbocycles. The highest BCUT2D eigenvalue weighted by Gasteiger charge is 2.05. The van der Waals surface area contributed by atoms with Crippen molar-refractivity contribution in [2.45, 2.75) is 0 Å². The minimum atomic E-state index is 0.161. The molecule has 0 spiro atoms. The van der Waals surface area contributed by atoms with Crippen LogP contribution < -0.4 is 5.73 Å². The average Bonchev–Trinajstić information content (AvgIpc) is 2.53. The van der Waals surface area contributed by atoms with Crippen molar-refractivity contribution in [3.63, 3.8) is 0 Å². The summed E-state index contributed by atoms with van der Waals surface area (Å²) in [6.07, 6.45) is 0. The molecule has 0 aliphatic heterocycles. The van der Waals surface area contributed by atoms with Gasteiger partial charge in [0.1, 0.15) is 0 Å². The van der Waals surface area contributed by atoms with Crippen LogP contribution in [0, 0.1) is 3.57 Å². The Morgan fingerprint density at radius 3 is 2.46 bits per heavy atom. The second-order valence-electron chi connectivity index (χ2n) is 2.46. The zero-order valence-corrected chi connectivity index (χ0v) is 8.72. The van der Waals surface area contributed by atoms with Crippen molar-refractivity contribution in [1.82, 2.24) is 10.1 Å². The van der Waals surface area contributed by atoms with Crippen LogP contribution in [-0.2, 0) is 0 Å². The minimum Gasteiger partial charge on any atom is -0.365 e. The summed E-state index contributed by atoms with van der Waals surface area (Å²) in [5.41, 5.74) is 6.21. The maximum Gasteiger partial charge on any atom is 0.261 e. The van der Waals surface area contributed by atoms with Crippen LogP contribution in [0.4, 0.5) is 5.95 Å². The second kappa shape index (κ2) is 3.33. The third-order valence-corrected chi connectivity index (χ3v) is 2.25. The predicted molar refractivity (Wildman–Crippen MR) is 56.9 cm³/mol. The highest BCUT2D eigenvalue weighted by molar-refractivity contribution is 14.1. The predicted octanol–water partition coefficient (Wildman–Crippen LogP) is 1.92. The van der Waals surface area contributed by atoms with Crippen molar-refractivity contribution in [1.29, 1.82) is 0 Å². The molecule has 0 aliphatic rings. The maximum absolute atomic E-state index is 5.33. The van der Waals surface area contributed by atoms with Gasteiger partial charge in [0.25, 0.3) is 11.8 Å². The number of nitrogens with two attached hydrogens (primary N) is 1. The van der Waals surface area contributed by atoms with Gasteiger partial charge >= 0.3 is 0 Å². The first-order chi connectivity index (χ1) is 6.25. The van der Waals surface area contributed by atoms with E-state index in [1.807, 2.05) is 24.3 Å². The first-order valence-corrected chi connectivity index (χ1v) is 4.69. The van der Waals surface area contributed by atoms with Crippen LogP contribution in [0.5, 0.6) is 0 Å². The van der Waals surface area contributed by atoms with Crippen molar-refractivity contribution < 1.29 is 4.52 Å². The molecule has 0 fully saturated rings. The van der Waals surface area contributed by atoms with Gasteiger partial charge in [0.15, 0.2) is 0 Å². The summed E-state index contributed by atoms with van der Waals surface area (Å²) >= 11 is 2.23. The normalized spacial score (nSPS) is 10.2. The number of nitrogens with zero attached hydrogens (tertiary/aromatic N) is 2. The lowest BCUT2D eigenvalue weighted by Crippen LogP contribution is -1.85. The van der Waals surface area contributed by atoms with E-state index in [9.17, 15) is 0 Å². The van der Waals surface area contributed by atoms with Gasteiger partial charge in [-0.1, -0.05) is 0 Å². The molecule has 13 heavy (non-hydrogen) atoms. The molecule has 0 aliphatic carbocycles. The van der Waals surface area contributed by atoms with Crippen LogP contribution in [-0.4, -0.2) is 10.1 Å². The Labute approximate surface area is 88.3 Å². The molecule has 4 nitrogen and oxygen atoms in total. The molecule has 66 valence electrons. The molecule has 2 rings (SSSR count). The van der Waals surface area contributed by atoms with Crippen LogP contribution in [0.1, 0.15) is 0 Å². The van der Waals surface area contributed by atoms with Crippen molar-refractivity contribution in [2.75, 3.05) is 5.73 Å². The molecule has 0 unspecified atom stereocenters. The molecule has 0 amide bonds. The standard InChI is InChI=1S/C8H6IN3O/c9-6-3-1-5(2-4-6)7-11-8(10)12-13-7/h1-4H,(H2,10,12). The van der Waals surface area contributed by atoms with E-state index in [1.165, 1.54) is 0 Å². The maximum atomic E-state index is 5.33. The van der Waals surface area contributed by atoms with Gasteiger partial charge in [-0.05, 0) is 52.0 Å². The third kappa shape index (κ3) is 1.80. The molecule has 0 saturated heterocycles. The van der Waals surface area contributed by atoms with Crippen molar-refractivity contribution in [3.05, 3.63) is 27.8 Å². The topological polar surface area (TPSA) is 64.9 Å². The van der Waals surface area contributed by atoms with E-state index in [1.54, 1.807) is 0 Å². The third-order valence-electron chi connectivity index (χ3n) is 1.53. The Balaban J connectivity index is 2.41. The summed E-state index contributed by atoms with van der Waals surface area (Å²) in [6.45, 7) is 0. The lowest BCUT2D eigenvalue weighted by atomic mass is 10.2. The molecule has 1 aromatic heterocycles. The van der Waals surface area contributed by atoms with Gasteiger partial charge in [0.2, 0.25) is 0 Å². The minimum absolute atomic E-state index is 0.161. The van der Waals surface area contributed by atoms with Crippen LogP contribution in [0.25, 0.3) is 11.5 Å². The number of hydrogen-bond donors (Lipinski definition) is 1. The van der Waals surface area contributed by atoms with E-state index in [2.05, 4.69) is 32.7 Å². The van der Waals surface area contributed by atoms with Gasteiger partial charge in [-0.25, -0.2) is 0 Å². The fourth-order valence-corrected chi connectivity index (χ4v) is 1.30. The fourth-order valence-electron chi connectivity index (χ4n) is 0.945. The molecule has 0 saturated carbocycles. The number of nitrogen functional groups attached to an aromatic ring is 1. The highest BCUT2D eigenvalue weighted by atomic mass is 127. The molecule has 0 bridgehead atoms. The molecular formula is C8H6IN3O. The molecule has 0 atom stereocenters. The number of aromatic nitrogens is 2. The Hall–Kier alpha value is -1.11. The van der Waals surface area contributed by atoms with Crippen LogP contribution in [0.15, 0.2) is 28.8 Å². The van der Waals surface area contributed by atoms with E-state index in [-0.39, 0.29) is 5.95 Å². The molecule has 0 radical (unpaired) electrons. The monoisotopic (exact) mass is 287 g/mol. The summed E-state index contributed by atoms with van der Waals surface area (Å²) < 4.78 is 6.06. The van der Waals surface area contributed by atoms with E-state index in [4.69, 9.17) is 10.3 Å². The second-order valence-corrected chi connectivity index (χ2v) is 3.71. The Kier molecular flexibility index (Phi) is 2.17. The number of benzene rings is 1. The Morgan fingerprint density at radius 1 is 1.23 bits per heavy atom. The largest absolute Gasteiger partial charge is 0.365 e. The van der Waals surface area contributed by atoms with Crippen LogP contribution in [0.2, 0.25) is 0 Å². The van der Waals surface area contributed by atoms with Crippen molar-refractivity contribution in [2.24, 2.45) is 0 Å². The van der Waals surface area contributed by atoms with Crippen molar-refractivity contribution in [3.8, 4) is 11.5 Å². The van der Waals surface area contributed by atoms with Gasteiger partial charge in [-0.2, -0.15) is 4.98 Å². The number of halogens is 1. The summed E-state index contributed by atoms with van der Waals surface area (Å²) in [6, 6.07) is 7.76. The summed E-state index contributed by atoms with van der Waals surface area (Å²) in [5.74, 6) is 0.613. The summed E-state index contributed by atoms with van der Waals surface area (Å²) in [5, 5.41) is 3.51. The van der Waals surface area contributed by atoms with E-state index < -0.39 is 0 Å². The van der Waals surface area contributed by atoms with Gasteiger partial charge in [-0.15, -0.1) is 0 Å². The zero-order chi connectivity index (χ0) is 9.26. The first-order valence-electron chi connectivity index (χ1n) is 3.61. The summed E-state index contributed by atoms with van der Waals surface area (Å²) in [4.78, 5) is 3.91. The first kappa shape index (κ1) is 8.49. The van der Waals surface area contributed by atoms with Gasteiger partial charge in [0, 0.05) is 9.13 Å². The zero-order valence-electron chi connectivity index (χ0n) is 6.57. The number of hydrogen-bond acceptors (Lipinski definition) is 4. The molecular weight excluding hydrogens is 281 g/mol. The van der Waals surface area contributed by atoms with Crippen molar-refractivity contribution >= 4 is 28.5 Å². The quantitative estimate of drug-likeness (QED) is 0.814. The fraction of sp³-hybridized carbons (Fsp3) is 0. The lowest BCUT2D eigenvalue weighted by molar-refractivity contribution is 0.433. The summed E-state index contributed by atoms with van der Waals surface area (Å²) in [7, 11) is 0. The molecule has 1 heterocycles. The number of anilines is 1. The number of rotatable bonds is 1. The van der Waals surface area contributed by atoms with Gasteiger partial charge in [0.05, 0.1) is 0 Å². The van der Waals surface area contributed by atoms with Gasteiger partial charge in [-0.3, -0.25) is 0 Å². The van der Waals surface area contributed by atoms with E-state index in [0.717, 1.165) is 9.13 Å². The van der Waals surface area contributed by atoms with Crippen LogP contribution in [0.3, 0.4) is 0 Å². The smallest absolute Gasteiger partial charge is 0.261 e. The highest BCUT2D eigenvalue weighted by Crippen LogP contribution is 2.18. The Morgan fingerprint density at radius 2 is 1.92 bits per heavy atom. The van der Waals surface area contributed by atoms with Crippen LogP contribution >= 0.6 is 22.6 Å². The average molecular weight is 287 g/mol. The van der Waals surface area contributed by atoms with E-state index >= 15 is 0 Å². The molecule has 5 heteroatoms. The Bertz CT molecular complexity index is 410. The lowest BCUT2D eigenvalue weighted by Gasteiger charge is -1.92. The SMILES string of the molecule is Nc1noc(-c2ccc(I)cc2)n1. The van der Waals surface area contributed by atoms with E-state index in [0.29, 0.717) is 5.89 Å². The molecule has 2 aromatic rings. The van der Waals surface area contributed by atoms with Gasteiger partial charge < -0.3 is 10.3 Å². The molecule has 2 N–H and O–H groups in total.